The second kappa shape index (κ2) is 6.02. The van der Waals surface area contributed by atoms with Gasteiger partial charge in [-0.1, -0.05) is 6.92 Å². The fraction of sp³-hybridized carbons (Fsp3) is 0.571. The van der Waals surface area contributed by atoms with Crippen LogP contribution in [0.4, 0.5) is 4.39 Å². The van der Waals surface area contributed by atoms with Crippen molar-refractivity contribution in [2.24, 2.45) is 0 Å². The van der Waals surface area contributed by atoms with Crippen molar-refractivity contribution < 1.29 is 9.13 Å². The summed E-state index contributed by atoms with van der Waals surface area (Å²) in [5.74, 6) is 0.362. The third kappa shape index (κ3) is 3.23. The summed E-state index contributed by atoms with van der Waals surface area (Å²) in [6.45, 7) is 4.01. The first-order valence-electron chi connectivity index (χ1n) is 6.50. The van der Waals surface area contributed by atoms with E-state index in [1.807, 2.05) is 0 Å². The highest BCUT2D eigenvalue weighted by Gasteiger charge is 2.39. The zero-order chi connectivity index (χ0) is 13.0. The highest BCUT2D eigenvalue weighted by molar-refractivity contribution is 9.10. The molecule has 4 heteroatoms. The Bertz CT molecular complexity index is 407. The van der Waals surface area contributed by atoms with Crippen LogP contribution in [0.1, 0.15) is 32.6 Å². The van der Waals surface area contributed by atoms with Gasteiger partial charge < -0.3 is 10.1 Å². The van der Waals surface area contributed by atoms with Crippen molar-refractivity contribution in [3.8, 4) is 5.75 Å². The highest BCUT2D eigenvalue weighted by Crippen LogP contribution is 2.41. The minimum atomic E-state index is -0.255. The summed E-state index contributed by atoms with van der Waals surface area (Å²) in [6.07, 6.45) is 4.28. The lowest BCUT2D eigenvalue weighted by Crippen LogP contribution is -2.45. The van der Waals surface area contributed by atoms with Gasteiger partial charge >= 0.3 is 0 Å². The molecule has 0 aliphatic heterocycles. The molecular formula is C14H19BrFNO. The summed E-state index contributed by atoms with van der Waals surface area (Å²) in [7, 11) is 0. The summed E-state index contributed by atoms with van der Waals surface area (Å²) in [5.41, 5.74) is -0.0987. The van der Waals surface area contributed by atoms with E-state index in [0.717, 1.165) is 36.8 Å². The molecule has 0 radical (unpaired) electrons. The molecule has 0 saturated heterocycles. The molecule has 1 N–H and O–H groups in total. The number of hydrogen-bond donors (Lipinski definition) is 1. The minimum Gasteiger partial charge on any atom is -0.486 e. The lowest BCUT2D eigenvalue weighted by atomic mass is 9.77. The molecule has 18 heavy (non-hydrogen) atoms. The summed E-state index contributed by atoms with van der Waals surface area (Å²) in [4.78, 5) is 0. The van der Waals surface area contributed by atoms with E-state index in [9.17, 15) is 4.39 Å². The van der Waals surface area contributed by atoms with Gasteiger partial charge in [-0.2, -0.15) is 0 Å². The second-order valence-electron chi connectivity index (χ2n) is 4.82. The Labute approximate surface area is 116 Å². The van der Waals surface area contributed by atoms with E-state index < -0.39 is 0 Å². The first-order chi connectivity index (χ1) is 8.65. The maximum atomic E-state index is 13.2. The number of ether oxygens (including phenoxy) is 1. The van der Waals surface area contributed by atoms with Gasteiger partial charge in [-0.25, -0.2) is 4.39 Å². The molecular weight excluding hydrogens is 297 g/mol. The molecule has 2 nitrogen and oxygen atoms in total. The van der Waals surface area contributed by atoms with E-state index >= 15 is 0 Å². The fourth-order valence-corrected chi connectivity index (χ4v) is 2.58. The van der Waals surface area contributed by atoms with Crippen LogP contribution in [0, 0.1) is 5.82 Å². The summed E-state index contributed by atoms with van der Waals surface area (Å²) in [5, 5.41) is 3.32. The Morgan fingerprint density at radius 1 is 1.44 bits per heavy atom. The molecule has 1 aromatic rings. The van der Waals surface area contributed by atoms with Crippen LogP contribution in [0.25, 0.3) is 0 Å². The number of hydrogen-bond acceptors (Lipinski definition) is 2. The molecule has 0 heterocycles. The normalized spacial score (nSPS) is 17.3. The van der Waals surface area contributed by atoms with Gasteiger partial charge in [0.1, 0.15) is 17.2 Å². The largest absolute Gasteiger partial charge is 0.486 e. The van der Waals surface area contributed by atoms with Crippen LogP contribution in [-0.4, -0.2) is 18.7 Å². The monoisotopic (exact) mass is 315 g/mol. The van der Waals surface area contributed by atoms with Crippen LogP contribution in [0.5, 0.6) is 5.75 Å². The lowest BCUT2D eigenvalue weighted by molar-refractivity contribution is -0.0149. The molecule has 0 amide bonds. The van der Waals surface area contributed by atoms with Gasteiger partial charge in [0.15, 0.2) is 0 Å². The average Bonchev–Trinajstić information content (AvgIpc) is 2.30. The number of benzene rings is 1. The Balaban J connectivity index is 2.03. The topological polar surface area (TPSA) is 21.3 Å². The van der Waals surface area contributed by atoms with E-state index in [0.29, 0.717) is 5.75 Å². The lowest BCUT2D eigenvalue weighted by Gasteiger charge is -2.42. The van der Waals surface area contributed by atoms with Crippen molar-refractivity contribution in [3.05, 3.63) is 28.5 Å². The maximum absolute atomic E-state index is 13.2. The van der Waals surface area contributed by atoms with Crippen LogP contribution >= 0.6 is 15.9 Å². The van der Waals surface area contributed by atoms with Gasteiger partial charge in [0.2, 0.25) is 0 Å². The van der Waals surface area contributed by atoms with Crippen molar-refractivity contribution in [1.29, 1.82) is 0 Å². The first-order valence-corrected chi connectivity index (χ1v) is 7.29. The molecule has 1 aliphatic rings. The van der Waals surface area contributed by atoms with Gasteiger partial charge in [0, 0.05) is 6.07 Å². The molecule has 1 fully saturated rings. The Morgan fingerprint density at radius 3 is 2.83 bits per heavy atom. The van der Waals surface area contributed by atoms with E-state index in [-0.39, 0.29) is 11.4 Å². The number of halogens is 2. The molecule has 2 rings (SSSR count). The second-order valence-corrected chi connectivity index (χ2v) is 5.67. The Hall–Kier alpha value is -0.610. The fourth-order valence-electron chi connectivity index (χ4n) is 2.26. The third-order valence-electron chi connectivity index (χ3n) is 3.49. The number of nitrogens with one attached hydrogen (secondary N) is 1. The highest BCUT2D eigenvalue weighted by atomic mass is 79.9. The molecule has 1 saturated carbocycles. The zero-order valence-electron chi connectivity index (χ0n) is 10.6. The van der Waals surface area contributed by atoms with Gasteiger partial charge in [-0.3, -0.25) is 0 Å². The molecule has 100 valence electrons. The first kappa shape index (κ1) is 13.8. The van der Waals surface area contributed by atoms with E-state index in [4.69, 9.17) is 4.74 Å². The Kier molecular flexibility index (Phi) is 4.62. The number of rotatable bonds is 6. The molecule has 1 aromatic carbocycles. The van der Waals surface area contributed by atoms with Crippen LogP contribution in [0.2, 0.25) is 0 Å². The predicted molar refractivity (Wildman–Crippen MR) is 74.5 cm³/mol. The zero-order valence-corrected chi connectivity index (χ0v) is 12.2. The molecule has 0 bridgehead atoms. The van der Waals surface area contributed by atoms with E-state index in [1.54, 1.807) is 6.07 Å². The van der Waals surface area contributed by atoms with Crippen molar-refractivity contribution in [2.75, 3.05) is 13.1 Å². The molecule has 0 unspecified atom stereocenters. The van der Waals surface area contributed by atoms with Gasteiger partial charge in [-0.05, 0) is 66.8 Å². The van der Waals surface area contributed by atoms with Crippen LogP contribution in [0.15, 0.2) is 22.7 Å². The van der Waals surface area contributed by atoms with Gasteiger partial charge in [0.25, 0.3) is 0 Å². The minimum absolute atomic E-state index is 0.0987. The van der Waals surface area contributed by atoms with E-state index in [1.165, 1.54) is 18.6 Å². The molecule has 0 atom stereocenters. The van der Waals surface area contributed by atoms with Crippen molar-refractivity contribution in [2.45, 2.75) is 38.2 Å². The average molecular weight is 316 g/mol. The Morgan fingerprint density at radius 2 is 2.22 bits per heavy atom. The van der Waals surface area contributed by atoms with Gasteiger partial charge in [-0.15, -0.1) is 0 Å². The molecule has 0 spiro atoms. The van der Waals surface area contributed by atoms with Crippen LogP contribution in [0.3, 0.4) is 0 Å². The van der Waals surface area contributed by atoms with E-state index in [2.05, 4.69) is 28.2 Å². The van der Waals surface area contributed by atoms with Crippen molar-refractivity contribution >= 4 is 15.9 Å². The molecule has 1 aliphatic carbocycles. The quantitative estimate of drug-likeness (QED) is 0.804. The maximum Gasteiger partial charge on any atom is 0.137 e. The van der Waals surface area contributed by atoms with Gasteiger partial charge in [0.05, 0.1) is 4.47 Å². The third-order valence-corrected chi connectivity index (χ3v) is 4.15. The summed E-state index contributed by atoms with van der Waals surface area (Å²) in [6, 6.07) is 4.59. The van der Waals surface area contributed by atoms with Crippen molar-refractivity contribution in [1.82, 2.24) is 5.32 Å². The SMILES string of the molecule is CCNCCC1(Oc2cc(F)ccc2Br)CCC1. The van der Waals surface area contributed by atoms with Crippen LogP contribution < -0.4 is 10.1 Å². The van der Waals surface area contributed by atoms with Crippen molar-refractivity contribution in [3.63, 3.8) is 0 Å². The summed E-state index contributed by atoms with van der Waals surface area (Å²) < 4.78 is 20.1. The molecule has 0 aromatic heterocycles. The smallest absolute Gasteiger partial charge is 0.137 e. The van der Waals surface area contributed by atoms with Crippen LogP contribution in [-0.2, 0) is 0 Å². The summed E-state index contributed by atoms with van der Waals surface area (Å²) >= 11 is 3.41. The predicted octanol–water partition coefficient (Wildman–Crippen LogP) is 3.89. The standard InChI is InChI=1S/C14H19BrFNO/c1-2-17-9-8-14(6-3-7-14)18-13-10-11(16)4-5-12(13)15/h4-5,10,17H,2-3,6-9H2,1H3.